The third kappa shape index (κ3) is 2.87. The Balaban J connectivity index is 1.86. The number of phenols is 1. The highest BCUT2D eigenvalue weighted by Crippen LogP contribution is 2.46. The Kier molecular flexibility index (Phi) is 4.48. The van der Waals surface area contributed by atoms with Gasteiger partial charge in [0.1, 0.15) is 0 Å². The number of aliphatic hydroxyl groups excluding tert-OH is 1. The highest BCUT2D eigenvalue weighted by Gasteiger charge is 2.35. The van der Waals surface area contributed by atoms with E-state index in [1.54, 1.807) is 30.3 Å². The lowest BCUT2D eigenvalue weighted by Gasteiger charge is -2.33. The van der Waals surface area contributed by atoms with Gasteiger partial charge in [-0.05, 0) is 30.3 Å². The molecule has 0 unspecified atom stereocenters. The summed E-state index contributed by atoms with van der Waals surface area (Å²) in [6, 6.07) is 9.52. The molecule has 2 heterocycles. The van der Waals surface area contributed by atoms with Gasteiger partial charge in [-0.3, -0.25) is 0 Å². The lowest BCUT2D eigenvalue weighted by molar-refractivity contribution is -0.0120. The Morgan fingerprint density at radius 3 is 2.36 bits per heavy atom. The Hall–Kier alpha value is -3.39. The van der Waals surface area contributed by atoms with Crippen molar-refractivity contribution in [2.75, 3.05) is 20.8 Å². The third-order valence-corrected chi connectivity index (χ3v) is 4.58. The van der Waals surface area contributed by atoms with E-state index in [1.165, 1.54) is 20.3 Å². The van der Waals surface area contributed by atoms with Gasteiger partial charge in [-0.1, -0.05) is 0 Å². The Labute approximate surface area is 159 Å². The molecule has 1 aliphatic heterocycles. The van der Waals surface area contributed by atoms with Gasteiger partial charge in [-0.2, -0.15) is 0 Å². The van der Waals surface area contributed by atoms with Crippen LogP contribution in [0.5, 0.6) is 28.7 Å². The maximum atomic E-state index is 11.7. The summed E-state index contributed by atoms with van der Waals surface area (Å²) in [5.41, 5.74) is 0.286. The first-order valence-electron chi connectivity index (χ1n) is 8.51. The molecule has 2 N–H and O–H groups in total. The first-order valence-corrected chi connectivity index (χ1v) is 8.51. The van der Waals surface area contributed by atoms with Crippen LogP contribution >= 0.6 is 0 Å². The molecule has 0 saturated carbocycles. The Morgan fingerprint density at radius 2 is 1.71 bits per heavy atom. The summed E-state index contributed by atoms with van der Waals surface area (Å²) in [6.07, 6.45) is -1.50. The molecule has 28 heavy (non-hydrogen) atoms. The van der Waals surface area contributed by atoms with Crippen LogP contribution in [0.2, 0.25) is 0 Å². The summed E-state index contributed by atoms with van der Waals surface area (Å²) in [5.74, 6) is 0.836. The van der Waals surface area contributed by atoms with Crippen molar-refractivity contribution >= 4 is 11.0 Å². The second-order valence-electron chi connectivity index (χ2n) is 6.22. The summed E-state index contributed by atoms with van der Waals surface area (Å²) in [7, 11) is 2.83. The molecular formula is C20H18O8. The fourth-order valence-corrected chi connectivity index (χ4v) is 3.21. The van der Waals surface area contributed by atoms with Gasteiger partial charge in [0.2, 0.25) is 11.5 Å². The lowest BCUT2D eigenvalue weighted by atomic mass is 10.0. The van der Waals surface area contributed by atoms with E-state index in [0.29, 0.717) is 16.7 Å². The number of methoxy groups -OCH3 is 2. The van der Waals surface area contributed by atoms with E-state index < -0.39 is 17.8 Å². The standard InChI is InChI=1S/C20H18O8/c1-24-13-7-11(8-14(25-2)17(13)23)18-15(9-21)26-12-5-3-10-4-6-16(22)27-19(10)20(12)28-18/h3-8,15,18,21,23H,9H2,1-2H3/t15-,18-/m0/s1. The highest BCUT2D eigenvalue weighted by atomic mass is 16.6. The van der Waals surface area contributed by atoms with E-state index in [1.807, 2.05) is 0 Å². The molecule has 0 fully saturated rings. The molecule has 1 aliphatic rings. The number of phenolic OH excluding ortho intramolecular Hbond substituents is 1. The predicted octanol–water partition coefficient (Wildman–Crippen LogP) is 2.39. The topological polar surface area (TPSA) is 108 Å². The first kappa shape index (κ1) is 18.0. The second kappa shape index (κ2) is 6.97. The lowest BCUT2D eigenvalue weighted by Crippen LogP contribution is -2.36. The summed E-state index contributed by atoms with van der Waals surface area (Å²) in [4.78, 5) is 11.7. The number of hydrogen-bond acceptors (Lipinski definition) is 8. The minimum Gasteiger partial charge on any atom is -0.502 e. The number of hydrogen-bond donors (Lipinski definition) is 2. The van der Waals surface area contributed by atoms with E-state index >= 15 is 0 Å². The molecular weight excluding hydrogens is 368 g/mol. The van der Waals surface area contributed by atoms with Crippen LogP contribution in [-0.4, -0.2) is 37.1 Å². The average Bonchev–Trinajstić information content (AvgIpc) is 2.72. The largest absolute Gasteiger partial charge is 0.502 e. The fourth-order valence-electron chi connectivity index (χ4n) is 3.21. The fraction of sp³-hybridized carbons (Fsp3) is 0.250. The summed E-state index contributed by atoms with van der Waals surface area (Å²) in [5, 5.41) is 20.6. The van der Waals surface area contributed by atoms with Crippen molar-refractivity contribution in [3.63, 3.8) is 0 Å². The highest BCUT2D eigenvalue weighted by molar-refractivity contribution is 5.85. The van der Waals surface area contributed by atoms with Crippen molar-refractivity contribution in [1.29, 1.82) is 0 Å². The number of aliphatic hydroxyl groups is 1. The van der Waals surface area contributed by atoms with Crippen LogP contribution in [0.4, 0.5) is 0 Å². The van der Waals surface area contributed by atoms with Gasteiger partial charge in [-0.15, -0.1) is 0 Å². The van der Waals surface area contributed by atoms with E-state index in [-0.39, 0.29) is 35.2 Å². The van der Waals surface area contributed by atoms with Crippen molar-refractivity contribution in [3.8, 4) is 28.7 Å². The van der Waals surface area contributed by atoms with E-state index in [4.69, 9.17) is 23.4 Å². The van der Waals surface area contributed by atoms with E-state index in [0.717, 1.165) is 0 Å². The van der Waals surface area contributed by atoms with Gasteiger partial charge < -0.3 is 33.6 Å². The Morgan fingerprint density at radius 1 is 1.04 bits per heavy atom. The van der Waals surface area contributed by atoms with Gasteiger partial charge >= 0.3 is 5.63 Å². The summed E-state index contributed by atoms with van der Waals surface area (Å²) < 4.78 is 27.7. The maximum absolute atomic E-state index is 11.7. The molecule has 2 aromatic carbocycles. The SMILES string of the molecule is COc1cc([C@@H]2Oc3c(ccc4ccc(=O)oc34)O[C@H]2CO)cc(OC)c1O. The van der Waals surface area contributed by atoms with Crippen LogP contribution < -0.4 is 24.6 Å². The molecule has 0 bridgehead atoms. The number of ether oxygens (including phenoxy) is 4. The van der Waals surface area contributed by atoms with Gasteiger partial charge in [0.25, 0.3) is 0 Å². The summed E-state index contributed by atoms with van der Waals surface area (Å²) in [6.45, 7) is -0.327. The smallest absolute Gasteiger partial charge is 0.336 e. The third-order valence-electron chi connectivity index (χ3n) is 4.58. The van der Waals surface area contributed by atoms with Crippen LogP contribution in [0.3, 0.4) is 0 Å². The molecule has 2 atom stereocenters. The van der Waals surface area contributed by atoms with E-state index in [2.05, 4.69) is 0 Å². The zero-order chi connectivity index (χ0) is 19.8. The quantitative estimate of drug-likeness (QED) is 0.658. The molecule has 0 amide bonds. The van der Waals surface area contributed by atoms with Gasteiger partial charge in [0, 0.05) is 17.0 Å². The van der Waals surface area contributed by atoms with Gasteiger partial charge in [0.05, 0.1) is 20.8 Å². The molecule has 8 heteroatoms. The normalized spacial score (nSPS) is 18.1. The van der Waals surface area contributed by atoms with Crippen LogP contribution in [0.15, 0.2) is 45.6 Å². The molecule has 0 aliphatic carbocycles. The molecule has 8 nitrogen and oxygen atoms in total. The minimum atomic E-state index is -0.767. The van der Waals surface area contributed by atoms with Gasteiger partial charge in [-0.25, -0.2) is 4.79 Å². The van der Waals surface area contributed by atoms with Crippen LogP contribution in [0, 0.1) is 0 Å². The molecule has 146 valence electrons. The number of fused-ring (bicyclic) bond motifs is 3. The maximum Gasteiger partial charge on any atom is 0.336 e. The van der Waals surface area contributed by atoms with Crippen LogP contribution in [-0.2, 0) is 0 Å². The monoisotopic (exact) mass is 386 g/mol. The summed E-state index contributed by atoms with van der Waals surface area (Å²) >= 11 is 0. The molecule has 0 radical (unpaired) electrons. The zero-order valence-corrected chi connectivity index (χ0v) is 15.2. The molecule has 3 aromatic rings. The zero-order valence-electron chi connectivity index (χ0n) is 15.2. The average molecular weight is 386 g/mol. The van der Waals surface area contributed by atoms with Crippen molar-refractivity contribution in [1.82, 2.24) is 0 Å². The molecule has 0 spiro atoms. The van der Waals surface area contributed by atoms with Crippen molar-refractivity contribution < 1.29 is 33.6 Å². The predicted molar refractivity (Wildman–Crippen MR) is 98.6 cm³/mol. The second-order valence-corrected chi connectivity index (χ2v) is 6.22. The number of rotatable bonds is 4. The van der Waals surface area contributed by atoms with E-state index in [9.17, 15) is 15.0 Å². The van der Waals surface area contributed by atoms with Crippen molar-refractivity contribution in [3.05, 3.63) is 52.4 Å². The minimum absolute atomic E-state index is 0.150. The Bertz CT molecular complexity index is 1060. The van der Waals surface area contributed by atoms with Crippen molar-refractivity contribution in [2.45, 2.75) is 12.2 Å². The van der Waals surface area contributed by atoms with Crippen LogP contribution in [0.1, 0.15) is 11.7 Å². The number of benzene rings is 2. The van der Waals surface area contributed by atoms with Crippen molar-refractivity contribution in [2.24, 2.45) is 0 Å². The first-order chi connectivity index (χ1) is 13.5. The van der Waals surface area contributed by atoms with Gasteiger partial charge in [0.15, 0.2) is 35.0 Å². The molecule has 0 saturated heterocycles. The number of aromatic hydroxyl groups is 1. The molecule has 4 rings (SSSR count). The molecule has 1 aromatic heterocycles. The van der Waals surface area contributed by atoms with Crippen LogP contribution in [0.25, 0.3) is 11.0 Å².